The highest BCUT2D eigenvalue weighted by molar-refractivity contribution is 8.01. The molecule has 3 nitrogen and oxygen atoms in total. The Morgan fingerprint density at radius 1 is 1.39 bits per heavy atom. The monoisotopic (exact) mass is 265 g/mol. The maximum atomic E-state index is 12.5. The SMILES string of the molecule is CC[C@@]1(SC)C(=O)C[C@H]2CC(=O)N3CCCC1=C23. The molecule has 0 unspecified atom stereocenters. The van der Waals surface area contributed by atoms with Crippen molar-refractivity contribution in [2.24, 2.45) is 5.92 Å². The summed E-state index contributed by atoms with van der Waals surface area (Å²) in [4.78, 5) is 26.5. The molecule has 98 valence electrons. The van der Waals surface area contributed by atoms with E-state index in [1.165, 1.54) is 11.3 Å². The van der Waals surface area contributed by atoms with Gasteiger partial charge in [-0.15, -0.1) is 11.8 Å². The number of Topliss-reactive ketones (excluding diaryl/α,β-unsaturated/α-hetero) is 1. The third-order valence-corrected chi connectivity index (χ3v) is 6.19. The summed E-state index contributed by atoms with van der Waals surface area (Å²) >= 11 is 1.67. The molecular formula is C14H19NO2S. The minimum atomic E-state index is -0.338. The molecule has 18 heavy (non-hydrogen) atoms. The van der Waals surface area contributed by atoms with Gasteiger partial charge in [-0.3, -0.25) is 9.59 Å². The number of amides is 1. The molecule has 1 fully saturated rings. The van der Waals surface area contributed by atoms with E-state index in [-0.39, 0.29) is 16.6 Å². The van der Waals surface area contributed by atoms with Gasteiger partial charge in [0.2, 0.25) is 5.91 Å². The summed E-state index contributed by atoms with van der Waals surface area (Å²) in [6.45, 7) is 2.95. The Labute approximate surface area is 112 Å². The molecule has 1 saturated heterocycles. The van der Waals surface area contributed by atoms with Gasteiger partial charge in [0, 0.05) is 31.0 Å². The number of carbonyl (C=O) groups excluding carboxylic acids is 2. The number of thioether (sulfide) groups is 1. The van der Waals surface area contributed by atoms with Gasteiger partial charge in [0.1, 0.15) is 0 Å². The Balaban J connectivity index is 2.17. The predicted molar refractivity (Wildman–Crippen MR) is 72.2 cm³/mol. The van der Waals surface area contributed by atoms with E-state index in [9.17, 15) is 9.59 Å². The van der Waals surface area contributed by atoms with Crippen molar-refractivity contribution >= 4 is 23.5 Å². The molecule has 2 heterocycles. The summed E-state index contributed by atoms with van der Waals surface area (Å²) in [5, 5.41) is 0. The smallest absolute Gasteiger partial charge is 0.227 e. The highest BCUT2D eigenvalue weighted by atomic mass is 32.2. The molecule has 4 heteroatoms. The Hall–Kier alpha value is -0.770. The van der Waals surface area contributed by atoms with Crippen LogP contribution < -0.4 is 0 Å². The quantitative estimate of drug-likeness (QED) is 0.769. The third-order valence-electron chi connectivity index (χ3n) is 4.73. The van der Waals surface area contributed by atoms with Crippen LogP contribution in [-0.2, 0) is 9.59 Å². The van der Waals surface area contributed by atoms with Crippen molar-refractivity contribution in [2.75, 3.05) is 12.8 Å². The van der Waals surface area contributed by atoms with E-state index in [1.54, 1.807) is 11.8 Å². The van der Waals surface area contributed by atoms with Crippen LogP contribution in [0.3, 0.4) is 0 Å². The molecule has 3 aliphatic rings. The zero-order chi connectivity index (χ0) is 12.9. The molecule has 2 aliphatic heterocycles. The van der Waals surface area contributed by atoms with Gasteiger partial charge >= 0.3 is 0 Å². The van der Waals surface area contributed by atoms with Gasteiger partial charge in [-0.25, -0.2) is 0 Å². The van der Waals surface area contributed by atoms with Crippen molar-refractivity contribution in [3.05, 3.63) is 11.3 Å². The molecule has 3 rings (SSSR count). The van der Waals surface area contributed by atoms with E-state index in [0.29, 0.717) is 18.6 Å². The van der Waals surface area contributed by atoms with Crippen LogP contribution >= 0.6 is 11.8 Å². The number of hydrogen-bond donors (Lipinski definition) is 0. The molecule has 2 atom stereocenters. The van der Waals surface area contributed by atoms with E-state index < -0.39 is 0 Å². The first kappa shape index (κ1) is 12.3. The van der Waals surface area contributed by atoms with Crippen molar-refractivity contribution in [1.82, 2.24) is 4.90 Å². The van der Waals surface area contributed by atoms with Gasteiger partial charge in [0.15, 0.2) is 5.78 Å². The van der Waals surface area contributed by atoms with Gasteiger partial charge in [-0.05, 0) is 31.1 Å². The van der Waals surface area contributed by atoms with Gasteiger partial charge < -0.3 is 4.90 Å². The lowest BCUT2D eigenvalue weighted by Crippen LogP contribution is -2.45. The van der Waals surface area contributed by atoms with Crippen LogP contribution in [-0.4, -0.2) is 34.1 Å². The summed E-state index contributed by atoms with van der Waals surface area (Å²) in [5.41, 5.74) is 2.50. The summed E-state index contributed by atoms with van der Waals surface area (Å²) in [5.74, 6) is 0.762. The minimum Gasteiger partial charge on any atom is -0.316 e. The normalized spacial score (nSPS) is 35.2. The van der Waals surface area contributed by atoms with Gasteiger partial charge in [-0.1, -0.05) is 6.92 Å². The van der Waals surface area contributed by atoms with Crippen LogP contribution in [0, 0.1) is 5.92 Å². The first-order chi connectivity index (χ1) is 8.64. The maximum Gasteiger partial charge on any atom is 0.227 e. The Kier molecular flexibility index (Phi) is 2.81. The minimum absolute atomic E-state index is 0.187. The fraction of sp³-hybridized carbons (Fsp3) is 0.714. The highest BCUT2D eigenvalue weighted by Crippen LogP contribution is 2.52. The lowest BCUT2D eigenvalue weighted by Gasteiger charge is -2.43. The number of nitrogens with zero attached hydrogens (tertiary/aromatic N) is 1. The van der Waals surface area contributed by atoms with E-state index in [0.717, 1.165) is 25.8 Å². The Bertz CT molecular complexity index is 451. The van der Waals surface area contributed by atoms with Crippen LogP contribution in [0.1, 0.15) is 39.0 Å². The average molecular weight is 265 g/mol. The van der Waals surface area contributed by atoms with Gasteiger partial charge in [-0.2, -0.15) is 0 Å². The van der Waals surface area contributed by atoms with Crippen LogP contribution in [0.5, 0.6) is 0 Å². The van der Waals surface area contributed by atoms with E-state index in [1.807, 2.05) is 11.2 Å². The number of rotatable bonds is 2. The molecule has 0 aromatic rings. The maximum absolute atomic E-state index is 12.5. The summed E-state index contributed by atoms with van der Waals surface area (Å²) in [6, 6.07) is 0. The molecule has 1 aliphatic carbocycles. The fourth-order valence-corrected chi connectivity index (χ4v) is 4.95. The first-order valence-electron chi connectivity index (χ1n) is 6.76. The average Bonchev–Trinajstić information content (AvgIpc) is 2.69. The molecule has 0 saturated carbocycles. The van der Waals surface area contributed by atoms with Crippen molar-refractivity contribution in [2.45, 2.75) is 43.8 Å². The molecule has 0 spiro atoms. The van der Waals surface area contributed by atoms with Crippen LogP contribution in [0.4, 0.5) is 0 Å². The van der Waals surface area contributed by atoms with E-state index in [2.05, 4.69) is 6.92 Å². The van der Waals surface area contributed by atoms with Crippen LogP contribution in [0.15, 0.2) is 11.3 Å². The molecule has 0 bridgehead atoms. The van der Waals surface area contributed by atoms with Crippen molar-refractivity contribution in [3.63, 3.8) is 0 Å². The van der Waals surface area contributed by atoms with Gasteiger partial charge in [0.05, 0.1) is 4.75 Å². The number of carbonyl (C=O) groups is 2. The lowest BCUT2D eigenvalue weighted by atomic mass is 9.74. The standard InChI is InChI=1S/C14H19NO2S/c1-3-14(18-2)10-5-4-6-15-12(17)8-9(13(10)15)7-11(14)16/h9H,3-8H2,1-2H3/t9-,14-/m0/s1. The zero-order valence-corrected chi connectivity index (χ0v) is 11.8. The van der Waals surface area contributed by atoms with Crippen molar-refractivity contribution in [1.29, 1.82) is 0 Å². The van der Waals surface area contributed by atoms with E-state index >= 15 is 0 Å². The predicted octanol–water partition coefficient (Wildman–Crippen LogP) is 2.37. The van der Waals surface area contributed by atoms with Gasteiger partial charge in [0.25, 0.3) is 0 Å². The topological polar surface area (TPSA) is 37.4 Å². The van der Waals surface area contributed by atoms with Crippen LogP contribution in [0.25, 0.3) is 0 Å². The summed E-state index contributed by atoms with van der Waals surface area (Å²) in [6.07, 6.45) is 6.00. The first-order valence-corrected chi connectivity index (χ1v) is 7.99. The Morgan fingerprint density at radius 2 is 2.17 bits per heavy atom. The number of ketones is 1. The summed E-state index contributed by atoms with van der Waals surface area (Å²) < 4.78 is -0.338. The second kappa shape index (κ2) is 4.12. The van der Waals surface area contributed by atoms with Crippen LogP contribution in [0.2, 0.25) is 0 Å². The molecule has 0 aromatic heterocycles. The number of allylic oxidation sites excluding steroid dienone is 1. The fourth-order valence-electron chi connectivity index (χ4n) is 3.90. The molecular weight excluding hydrogens is 246 g/mol. The Morgan fingerprint density at radius 3 is 2.83 bits per heavy atom. The zero-order valence-electron chi connectivity index (χ0n) is 11.0. The third kappa shape index (κ3) is 1.38. The largest absolute Gasteiger partial charge is 0.316 e. The number of hydrogen-bond acceptors (Lipinski definition) is 3. The molecule has 1 amide bonds. The second-order valence-electron chi connectivity index (χ2n) is 5.43. The van der Waals surface area contributed by atoms with Crippen molar-refractivity contribution < 1.29 is 9.59 Å². The molecule has 0 aromatic carbocycles. The highest BCUT2D eigenvalue weighted by Gasteiger charge is 2.52. The summed E-state index contributed by atoms with van der Waals surface area (Å²) in [7, 11) is 0. The second-order valence-corrected chi connectivity index (χ2v) is 6.53. The molecule has 0 N–H and O–H groups in total. The van der Waals surface area contributed by atoms with E-state index in [4.69, 9.17) is 0 Å². The lowest BCUT2D eigenvalue weighted by molar-refractivity contribution is -0.127. The molecule has 0 radical (unpaired) electrons. The van der Waals surface area contributed by atoms with Crippen molar-refractivity contribution in [3.8, 4) is 0 Å².